The summed E-state index contributed by atoms with van der Waals surface area (Å²) in [6, 6.07) is 3.79. The van der Waals surface area contributed by atoms with E-state index in [1.165, 1.54) is 6.92 Å². The Bertz CT molecular complexity index is 1260. The van der Waals surface area contributed by atoms with E-state index < -0.39 is 81.8 Å². The van der Waals surface area contributed by atoms with Crippen LogP contribution in [0, 0.1) is 0 Å². The number of benzene rings is 2. The molecule has 0 aliphatic carbocycles. The molecule has 1 aliphatic heterocycles. The van der Waals surface area contributed by atoms with Crippen LogP contribution in [0.3, 0.4) is 0 Å². The number of hydrogen-bond donors (Lipinski definition) is 8. The van der Waals surface area contributed by atoms with E-state index in [0.717, 1.165) is 24.3 Å². The van der Waals surface area contributed by atoms with E-state index in [4.69, 9.17) is 13.9 Å². The lowest BCUT2D eigenvalue weighted by Crippen LogP contribution is -2.58. The predicted octanol–water partition coefficient (Wildman–Crippen LogP) is 0.194. The molecule has 1 aromatic heterocycles. The summed E-state index contributed by atoms with van der Waals surface area (Å²) in [5, 5.41) is 79.1. The van der Waals surface area contributed by atoms with Crippen LogP contribution < -0.4 is 10.2 Å². The molecule has 3 aromatic rings. The van der Waals surface area contributed by atoms with Crippen molar-refractivity contribution in [2.75, 3.05) is 0 Å². The lowest BCUT2D eigenvalue weighted by atomic mass is 10.00. The van der Waals surface area contributed by atoms with Gasteiger partial charge in [0.2, 0.25) is 17.5 Å². The third-order valence-corrected chi connectivity index (χ3v) is 5.29. The number of aromatic hydroxyl groups is 5. The molecule has 0 unspecified atom stereocenters. The maximum absolute atomic E-state index is 13.2. The molecule has 176 valence electrons. The zero-order valence-corrected chi connectivity index (χ0v) is 16.9. The summed E-state index contributed by atoms with van der Waals surface area (Å²) >= 11 is 0. The van der Waals surface area contributed by atoms with Gasteiger partial charge in [-0.2, -0.15) is 0 Å². The van der Waals surface area contributed by atoms with Crippen molar-refractivity contribution >= 4 is 11.0 Å². The van der Waals surface area contributed by atoms with Gasteiger partial charge in [-0.05, 0) is 19.1 Å². The number of phenols is 5. The maximum atomic E-state index is 13.2. The number of phenolic OH excluding ortho intramolecular Hbond substituents is 5. The van der Waals surface area contributed by atoms with Crippen molar-refractivity contribution < 1.29 is 54.7 Å². The molecule has 5 atom stereocenters. The number of aliphatic hydroxyl groups is 3. The minimum atomic E-state index is -1.80. The highest BCUT2D eigenvalue weighted by Gasteiger charge is 2.44. The molecule has 8 N–H and O–H groups in total. The molecule has 0 spiro atoms. The van der Waals surface area contributed by atoms with E-state index in [9.17, 15) is 45.6 Å². The molecular weight excluding hydrogens is 444 g/mol. The first kappa shape index (κ1) is 22.5. The normalized spacial score (nSPS) is 25.3. The monoisotopic (exact) mass is 464 g/mol. The molecule has 0 saturated carbocycles. The van der Waals surface area contributed by atoms with E-state index in [2.05, 4.69) is 0 Å². The molecule has 12 heteroatoms. The van der Waals surface area contributed by atoms with Gasteiger partial charge in [0.25, 0.3) is 0 Å². The van der Waals surface area contributed by atoms with Gasteiger partial charge in [-0.25, -0.2) is 0 Å². The Morgan fingerprint density at radius 3 is 2.12 bits per heavy atom. The van der Waals surface area contributed by atoms with Crippen LogP contribution in [0.15, 0.2) is 33.5 Å². The van der Waals surface area contributed by atoms with Crippen molar-refractivity contribution in [1.82, 2.24) is 0 Å². The molecule has 0 amide bonds. The van der Waals surface area contributed by atoms with Crippen LogP contribution in [-0.4, -0.2) is 71.6 Å². The molecular formula is C21H20O12. The number of rotatable bonds is 3. The summed E-state index contributed by atoms with van der Waals surface area (Å²) in [5.41, 5.74) is -1.45. The van der Waals surface area contributed by atoms with E-state index >= 15 is 0 Å². The van der Waals surface area contributed by atoms with E-state index in [0.29, 0.717) is 0 Å². The summed E-state index contributed by atoms with van der Waals surface area (Å²) in [6.45, 7) is 1.39. The van der Waals surface area contributed by atoms with Crippen molar-refractivity contribution in [3.8, 4) is 45.8 Å². The largest absolute Gasteiger partial charge is 0.508 e. The van der Waals surface area contributed by atoms with Crippen LogP contribution in [0.1, 0.15) is 6.92 Å². The molecule has 2 heterocycles. The van der Waals surface area contributed by atoms with Crippen molar-refractivity contribution in [2.24, 2.45) is 0 Å². The Hall–Kier alpha value is -3.71. The minimum Gasteiger partial charge on any atom is -0.508 e. The average molecular weight is 464 g/mol. The lowest BCUT2D eigenvalue weighted by Gasteiger charge is -2.38. The fourth-order valence-electron chi connectivity index (χ4n) is 3.53. The molecule has 2 aromatic carbocycles. The minimum absolute atomic E-state index is 0.168. The Balaban J connectivity index is 1.95. The molecule has 12 nitrogen and oxygen atoms in total. The molecule has 4 rings (SSSR count). The van der Waals surface area contributed by atoms with E-state index in [1.54, 1.807) is 0 Å². The van der Waals surface area contributed by atoms with Gasteiger partial charge in [-0.1, -0.05) is 0 Å². The molecule has 1 fully saturated rings. The summed E-state index contributed by atoms with van der Waals surface area (Å²) in [7, 11) is 0. The third kappa shape index (κ3) is 3.74. The zero-order valence-electron chi connectivity index (χ0n) is 16.9. The van der Waals surface area contributed by atoms with Gasteiger partial charge >= 0.3 is 0 Å². The first-order valence-corrected chi connectivity index (χ1v) is 9.64. The van der Waals surface area contributed by atoms with Crippen LogP contribution in [-0.2, 0) is 4.74 Å². The number of ether oxygens (including phenoxy) is 2. The van der Waals surface area contributed by atoms with Crippen molar-refractivity contribution in [1.29, 1.82) is 0 Å². The number of aliphatic hydroxyl groups excluding tert-OH is 3. The predicted molar refractivity (Wildman–Crippen MR) is 109 cm³/mol. The second-order valence-electron chi connectivity index (χ2n) is 7.59. The highest BCUT2D eigenvalue weighted by molar-refractivity contribution is 5.88. The van der Waals surface area contributed by atoms with Crippen LogP contribution >= 0.6 is 0 Å². The standard InChI is InChI=1S/C21H20O12/c1-6-14(26)17(29)18(30)21(31-6)33-20-16(28)13-9(23)4-8(22)5-12(13)32-19(20)7-2-10(24)15(27)11(25)3-7/h2-6,14,17-18,21-27,29-30H,1H3/t6-,14-,17+,18+,21-/m1/s1. The highest BCUT2D eigenvalue weighted by atomic mass is 16.7. The number of hydrogen-bond acceptors (Lipinski definition) is 12. The summed E-state index contributed by atoms with van der Waals surface area (Å²) < 4.78 is 16.5. The molecule has 0 radical (unpaired) electrons. The topological polar surface area (TPSA) is 211 Å². The van der Waals surface area contributed by atoms with Crippen LogP contribution in [0.5, 0.6) is 34.5 Å². The quantitative estimate of drug-likeness (QED) is 0.244. The summed E-state index contributed by atoms with van der Waals surface area (Å²) in [6.07, 6.45) is -7.59. The molecule has 1 aliphatic rings. The van der Waals surface area contributed by atoms with Crippen molar-refractivity contribution in [3.05, 3.63) is 34.5 Å². The van der Waals surface area contributed by atoms with Gasteiger partial charge in [-0.15, -0.1) is 0 Å². The Morgan fingerprint density at radius 1 is 0.848 bits per heavy atom. The number of fused-ring (bicyclic) bond motifs is 1. The SMILES string of the molecule is C[C@H]1O[C@H](Oc2c(-c3cc(O)c(O)c(O)c3)oc3cc(O)cc(O)c3c2=O)[C@@H](O)[C@@H](O)[C@@H]1O. The second kappa shape index (κ2) is 8.01. The van der Waals surface area contributed by atoms with Gasteiger partial charge in [0, 0.05) is 17.7 Å². The Labute approximate surface area is 184 Å². The summed E-state index contributed by atoms with van der Waals surface area (Å²) in [4.78, 5) is 13.2. The average Bonchev–Trinajstić information content (AvgIpc) is 2.74. The third-order valence-electron chi connectivity index (χ3n) is 5.29. The van der Waals surface area contributed by atoms with Crippen LogP contribution in [0.4, 0.5) is 0 Å². The van der Waals surface area contributed by atoms with Gasteiger partial charge < -0.3 is 54.7 Å². The Morgan fingerprint density at radius 2 is 1.48 bits per heavy atom. The smallest absolute Gasteiger partial charge is 0.239 e. The lowest BCUT2D eigenvalue weighted by molar-refractivity contribution is -0.268. The molecule has 33 heavy (non-hydrogen) atoms. The van der Waals surface area contributed by atoms with Gasteiger partial charge in [0.05, 0.1) is 6.10 Å². The summed E-state index contributed by atoms with van der Waals surface area (Å²) in [5.74, 6) is -4.55. The maximum Gasteiger partial charge on any atom is 0.239 e. The Kier molecular flexibility index (Phi) is 5.46. The van der Waals surface area contributed by atoms with Gasteiger partial charge in [-0.3, -0.25) is 4.79 Å². The molecule has 0 bridgehead atoms. The zero-order chi connectivity index (χ0) is 24.2. The van der Waals surface area contributed by atoms with Crippen molar-refractivity contribution in [3.63, 3.8) is 0 Å². The fourth-order valence-corrected chi connectivity index (χ4v) is 3.53. The molecule has 1 saturated heterocycles. The van der Waals surface area contributed by atoms with Crippen LogP contribution in [0.25, 0.3) is 22.3 Å². The van der Waals surface area contributed by atoms with Gasteiger partial charge in [0.1, 0.15) is 40.8 Å². The fraction of sp³-hybridized carbons (Fsp3) is 0.286. The van der Waals surface area contributed by atoms with Crippen molar-refractivity contribution in [2.45, 2.75) is 37.6 Å². The second-order valence-corrected chi connectivity index (χ2v) is 7.59. The first-order valence-electron chi connectivity index (χ1n) is 9.64. The van der Waals surface area contributed by atoms with Gasteiger partial charge in [0.15, 0.2) is 23.0 Å². The van der Waals surface area contributed by atoms with Crippen LogP contribution in [0.2, 0.25) is 0 Å². The van der Waals surface area contributed by atoms with E-state index in [-0.39, 0.29) is 11.1 Å². The van der Waals surface area contributed by atoms with E-state index in [1.807, 2.05) is 0 Å². The first-order chi connectivity index (χ1) is 15.5. The highest BCUT2D eigenvalue weighted by Crippen LogP contribution is 2.43.